The number of rotatable bonds is 8. The van der Waals surface area contributed by atoms with Crippen LogP contribution < -0.4 is 5.32 Å². The number of hydrogen-bond acceptors (Lipinski definition) is 4. The van der Waals surface area contributed by atoms with Crippen molar-refractivity contribution in [1.82, 2.24) is 10.2 Å². The van der Waals surface area contributed by atoms with Gasteiger partial charge in [0.2, 0.25) is 0 Å². The van der Waals surface area contributed by atoms with Crippen LogP contribution in [-0.4, -0.2) is 60.5 Å². The molecule has 1 saturated carbocycles. The quantitative estimate of drug-likeness (QED) is 0.699. The molecule has 0 aromatic heterocycles. The van der Waals surface area contributed by atoms with E-state index in [4.69, 9.17) is 4.74 Å². The molecule has 0 aromatic rings. The summed E-state index contributed by atoms with van der Waals surface area (Å²) < 4.78 is 5.68. The predicted octanol–water partition coefficient (Wildman–Crippen LogP) is 1.38. The number of nitrogens with zero attached hydrogens (tertiary/aromatic N) is 1. The second-order valence-electron chi connectivity index (χ2n) is 6.38. The number of ether oxygens (including phenoxy) is 1. The van der Waals surface area contributed by atoms with Crippen LogP contribution in [0.25, 0.3) is 0 Å². The zero-order valence-electron chi connectivity index (χ0n) is 12.5. The summed E-state index contributed by atoms with van der Waals surface area (Å²) in [6, 6.07) is 0.654. The first-order valence-corrected chi connectivity index (χ1v) is 7.88. The molecule has 1 heterocycles. The van der Waals surface area contributed by atoms with E-state index in [0.29, 0.717) is 12.1 Å². The molecule has 1 aliphatic carbocycles. The number of hydrogen-bond donors (Lipinski definition) is 2. The van der Waals surface area contributed by atoms with Crippen LogP contribution in [0.2, 0.25) is 0 Å². The normalized spacial score (nSPS) is 25.4. The lowest BCUT2D eigenvalue weighted by Gasteiger charge is -2.35. The van der Waals surface area contributed by atoms with Gasteiger partial charge in [-0.2, -0.15) is 0 Å². The summed E-state index contributed by atoms with van der Waals surface area (Å²) in [5.41, 5.74) is -0.0993. The summed E-state index contributed by atoms with van der Waals surface area (Å²) in [6.07, 6.45) is 6.35. The molecule has 0 spiro atoms. The minimum atomic E-state index is -0.0993. The van der Waals surface area contributed by atoms with Crippen molar-refractivity contribution >= 4 is 0 Å². The standard InChI is InChI=1S/C15H30N2O2/c1-3-19-14-6-9-17(10-7-14)11-8-15(2,12-18)16-13-4-5-13/h13-14,16,18H,3-12H2,1-2H3. The Morgan fingerprint density at radius 2 is 1.95 bits per heavy atom. The van der Waals surface area contributed by atoms with E-state index in [9.17, 15) is 5.11 Å². The van der Waals surface area contributed by atoms with Crippen LogP contribution in [0, 0.1) is 0 Å². The summed E-state index contributed by atoms with van der Waals surface area (Å²) in [5.74, 6) is 0. The van der Waals surface area contributed by atoms with E-state index in [1.165, 1.54) is 12.8 Å². The highest BCUT2D eigenvalue weighted by Crippen LogP contribution is 2.24. The Morgan fingerprint density at radius 1 is 1.26 bits per heavy atom. The molecule has 0 aromatic carbocycles. The van der Waals surface area contributed by atoms with Crippen molar-refractivity contribution in [2.75, 3.05) is 32.8 Å². The highest BCUT2D eigenvalue weighted by Gasteiger charge is 2.32. The summed E-state index contributed by atoms with van der Waals surface area (Å²) in [4.78, 5) is 2.51. The minimum absolute atomic E-state index is 0.0993. The average molecular weight is 270 g/mol. The molecule has 0 bridgehead atoms. The predicted molar refractivity (Wildman–Crippen MR) is 77.4 cm³/mol. The zero-order chi connectivity index (χ0) is 13.7. The van der Waals surface area contributed by atoms with Gasteiger partial charge in [-0.25, -0.2) is 0 Å². The van der Waals surface area contributed by atoms with Crippen molar-refractivity contribution in [1.29, 1.82) is 0 Å². The second kappa shape index (κ2) is 7.02. The van der Waals surface area contributed by atoms with Crippen LogP contribution in [0.4, 0.5) is 0 Å². The van der Waals surface area contributed by atoms with Gasteiger partial charge < -0.3 is 20.1 Å². The lowest BCUT2D eigenvalue weighted by molar-refractivity contribution is 0.0116. The second-order valence-corrected chi connectivity index (χ2v) is 6.38. The van der Waals surface area contributed by atoms with Gasteiger partial charge in [0, 0.05) is 31.3 Å². The molecule has 4 nitrogen and oxygen atoms in total. The highest BCUT2D eigenvalue weighted by molar-refractivity contribution is 4.93. The van der Waals surface area contributed by atoms with Crippen LogP contribution in [0.1, 0.15) is 46.0 Å². The summed E-state index contributed by atoms with van der Waals surface area (Å²) in [7, 11) is 0. The Labute approximate surface area is 117 Å². The third kappa shape index (κ3) is 5.03. The van der Waals surface area contributed by atoms with Crippen molar-refractivity contribution < 1.29 is 9.84 Å². The highest BCUT2D eigenvalue weighted by atomic mass is 16.5. The maximum absolute atomic E-state index is 9.60. The fourth-order valence-electron chi connectivity index (χ4n) is 2.86. The maximum atomic E-state index is 9.60. The van der Waals surface area contributed by atoms with Crippen molar-refractivity contribution in [2.45, 2.75) is 63.6 Å². The molecular weight excluding hydrogens is 240 g/mol. The lowest BCUT2D eigenvalue weighted by Crippen LogP contribution is -2.50. The molecule has 1 saturated heterocycles. The van der Waals surface area contributed by atoms with E-state index in [1.54, 1.807) is 0 Å². The van der Waals surface area contributed by atoms with Gasteiger partial charge in [0.25, 0.3) is 0 Å². The Hall–Kier alpha value is -0.160. The van der Waals surface area contributed by atoms with Gasteiger partial charge in [-0.15, -0.1) is 0 Å². The zero-order valence-corrected chi connectivity index (χ0v) is 12.5. The van der Waals surface area contributed by atoms with Gasteiger partial charge >= 0.3 is 0 Å². The molecule has 0 radical (unpaired) electrons. The van der Waals surface area contributed by atoms with Gasteiger partial charge in [0.05, 0.1) is 12.7 Å². The summed E-state index contributed by atoms with van der Waals surface area (Å²) in [5, 5.41) is 13.2. The van der Waals surface area contributed by atoms with E-state index in [1.807, 2.05) is 0 Å². The molecule has 1 aliphatic heterocycles. The molecule has 0 amide bonds. The number of piperidine rings is 1. The average Bonchev–Trinajstić information content (AvgIpc) is 3.22. The largest absolute Gasteiger partial charge is 0.394 e. The molecule has 19 heavy (non-hydrogen) atoms. The van der Waals surface area contributed by atoms with E-state index in [-0.39, 0.29) is 12.1 Å². The third-order valence-electron chi connectivity index (χ3n) is 4.40. The molecule has 2 fully saturated rings. The summed E-state index contributed by atoms with van der Waals surface area (Å²) in [6.45, 7) is 8.64. The molecular formula is C15H30N2O2. The molecule has 2 aliphatic rings. The molecule has 2 N–H and O–H groups in total. The van der Waals surface area contributed by atoms with E-state index >= 15 is 0 Å². The van der Waals surface area contributed by atoms with Gasteiger partial charge in [0.1, 0.15) is 0 Å². The SMILES string of the molecule is CCOC1CCN(CCC(C)(CO)NC2CC2)CC1. The van der Waals surface area contributed by atoms with Crippen LogP contribution in [0.15, 0.2) is 0 Å². The van der Waals surface area contributed by atoms with Gasteiger partial charge in [0.15, 0.2) is 0 Å². The third-order valence-corrected chi connectivity index (χ3v) is 4.40. The van der Waals surface area contributed by atoms with Gasteiger partial charge in [-0.1, -0.05) is 0 Å². The molecule has 112 valence electrons. The van der Waals surface area contributed by atoms with Crippen molar-refractivity contribution in [3.63, 3.8) is 0 Å². The number of aliphatic hydroxyl groups is 1. The van der Waals surface area contributed by atoms with E-state index in [2.05, 4.69) is 24.1 Å². The smallest absolute Gasteiger partial charge is 0.0611 e. The first-order chi connectivity index (χ1) is 9.15. The van der Waals surface area contributed by atoms with E-state index < -0.39 is 0 Å². The first kappa shape index (κ1) is 15.2. The molecule has 1 unspecified atom stereocenters. The van der Waals surface area contributed by atoms with E-state index in [0.717, 1.165) is 45.5 Å². The van der Waals surface area contributed by atoms with Crippen LogP contribution in [0.5, 0.6) is 0 Å². The van der Waals surface area contributed by atoms with Gasteiger partial charge in [-0.05, 0) is 52.5 Å². The first-order valence-electron chi connectivity index (χ1n) is 7.88. The Bertz CT molecular complexity index is 263. The van der Waals surface area contributed by atoms with Gasteiger partial charge in [-0.3, -0.25) is 0 Å². The Morgan fingerprint density at radius 3 is 2.47 bits per heavy atom. The van der Waals surface area contributed by atoms with Crippen molar-refractivity contribution in [3.05, 3.63) is 0 Å². The Kier molecular flexibility index (Phi) is 5.63. The lowest BCUT2D eigenvalue weighted by atomic mass is 9.97. The van der Waals surface area contributed by atoms with Crippen LogP contribution in [0.3, 0.4) is 0 Å². The maximum Gasteiger partial charge on any atom is 0.0611 e. The molecule has 4 heteroatoms. The van der Waals surface area contributed by atoms with Crippen molar-refractivity contribution in [2.24, 2.45) is 0 Å². The fraction of sp³-hybridized carbons (Fsp3) is 1.00. The topological polar surface area (TPSA) is 44.7 Å². The summed E-state index contributed by atoms with van der Waals surface area (Å²) >= 11 is 0. The van der Waals surface area contributed by atoms with Crippen molar-refractivity contribution in [3.8, 4) is 0 Å². The number of aliphatic hydroxyl groups excluding tert-OH is 1. The molecule has 2 rings (SSSR count). The number of nitrogens with one attached hydrogen (secondary N) is 1. The molecule has 1 atom stereocenters. The fourth-order valence-corrected chi connectivity index (χ4v) is 2.86. The van der Waals surface area contributed by atoms with Crippen LogP contribution >= 0.6 is 0 Å². The monoisotopic (exact) mass is 270 g/mol. The minimum Gasteiger partial charge on any atom is -0.394 e. The number of likely N-dealkylation sites (tertiary alicyclic amines) is 1. The Balaban J connectivity index is 1.67. The van der Waals surface area contributed by atoms with Crippen LogP contribution in [-0.2, 0) is 4.74 Å².